The van der Waals surface area contributed by atoms with Gasteiger partial charge in [0.15, 0.2) is 5.69 Å². The molecule has 0 amide bonds. The maximum atomic E-state index is 10.4. The molecule has 4 nitrogen and oxygen atoms in total. The second-order valence-electron chi connectivity index (χ2n) is 3.15. The van der Waals surface area contributed by atoms with Gasteiger partial charge in [0, 0.05) is 12.7 Å². The highest BCUT2D eigenvalue weighted by molar-refractivity contribution is 5.85. The number of carboxylic acids is 1. The number of aromatic nitrogens is 2. The Hall–Kier alpha value is -1.03. The Kier molecular flexibility index (Phi) is 4.48. The molecule has 1 rings (SSSR count). The predicted molar refractivity (Wildman–Crippen MR) is 51.3 cm³/mol. The number of hydrogen-bond donors (Lipinski definition) is 1. The van der Waals surface area contributed by atoms with Crippen LogP contribution in [0.15, 0.2) is 12.5 Å². The molecule has 74 valence electrons. The Balaban J connectivity index is 0.00000144. The Morgan fingerprint density at radius 1 is 1.69 bits per heavy atom. The van der Waals surface area contributed by atoms with E-state index >= 15 is 0 Å². The van der Waals surface area contributed by atoms with E-state index in [9.17, 15) is 4.79 Å². The van der Waals surface area contributed by atoms with E-state index in [1.165, 1.54) is 0 Å². The van der Waals surface area contributed by atoms with Crippen molar-refractivity contribution in [2.24, 2.45) is 5.92 Å². The second kappa shape index (κ2) is 4.87. The summed E-state index contributed by atoms with van der Waals surface area (Å²) in [5, 5.41) is 8.56. The molecule has 1 N–H and O–H groups in total. The third-order valence-corrected chi connectivity index (χ3v) is 1.43. The number of nitrogens with zero attached hydrogens (tertiary/aromatic N) is 2. The van der Waals surface area contributed by atoms with Gasteiger partial charge in [-0.1, -0.05) is 13.8 Å². The summed E-state index contributed by atoms with van der Waals surface area (Å²) in [5.41, 5.74) is 0.107. The molecule has 0 saturated carbocycles. The van der Waals surface area contributed by atoms with Crippen molar-refractivity contribution in [3.63, 3.8) is 0 Å². The molecule has 0 unspecified atom stereocenters. The summed E-state index contributed by atoms with van der Waals surface area (Å²) in [7, 11) is 0. The first-order valence-corrected chi connectivity index (χ1v) is 3.84. The average molecular weight is 205 g/mol. The van der Waals surface area contributed by atoms with E-state index in [2.05, 4.69) is 18.8 Å². The van der Waals surface area contributed by atoms with Gasteiger partial charge in [-0.05, 0) is 5.92 Å². The first-order valence-electron chi connectivity index (χ1n) is 3.84. The molecular formula is C8H13ClN2O2. The van der Waals surface area contributed by atoms with Gasteiger partial charge in [0.2, 0.25) is 0 Å². The minimum atomic E-state index is -0.975. The fraction of sp³-hybridized carbons (Fsp3) is 0.500. The van der Waals surface area contributed by atoms with Gasteiger partial charge in [0.05, 0.1) is 6.33 Å². The monoisotopic (exact) mass is 204 g/mol. The lowest BCUT2D eigenvalue weighted by atomic mass is 10.2. The zero-order valence-corrected chi connectivity index (χ0v) is 8.41. The maximum Gasteiger partial charge on any atom is 0.356 e. The van der Waals surface area contributed by atoms with Crippen LogP contribution in [0.25, 0.3) is 0 Å². The van der Waals surface area contributed by atoms with Gasteiger partial charge in [0.25, 0.3) is 0 Å². The first kappa shape index (κ1) is 12.0. The van der Waals surface area contributed by atoms with Crippen molar-refractivity contribution in [1.29, 1.82) is 0 Å². The zero-order valence-electron chi connectivity index (χ0n) is 7.60. The summed E-state index contributed by atoms with van der Waals surface area (Å²) in [6.07, 6.45) is 3.09. The highest BCUT2D eigenvalue weighted by Crippen LogP contribution is 2.01. The topological polar surface area (TPSA) is 55.1 Å². The molecule has 0 saturated heterocycles. The molecule has 5 heteroatoms. The molecule has 0 fully saturated rings. The summed E-state index contributed by atoms with van der Waals surface area (Å²) in [6.45, 7) is 4.95. The van der Waals surface area contributed by atoms with Crippen LogP contribution in [0, 0.1) is 5.92 Å². The van der Waals surface area contributed by atoms with Crippen molar-refractivity contribution in [3.05, 3.63) is 18.2 Å². The number of hydrogen-bond acceptors (Lipinski definition) is 2. The highest BCUT2D eigenvalue weighted by Gasteiger charge is 2.06. The molecule has 0 radical (unpaired) electrons. The molecule has 0 bridgehead atoms. The van der Waals surface area contributed by atoms with E-state index in [1.807, 2.05) is 0 Å². The average Bonchev–Trinajstić information content (AvgIpc) is 2.34. The summed E-state index contributed by atoms with van der Waals surface area (Å²) in [4.78, 5) is 14.2. The number of carboxylic acid groups (broad SMARTS) is 1. The van der Waals surface area contributed by atoms with Crippen LogP contribution in [-0.2, 0) is 6.54 Å². The van der Waals surface area contributed by atoms with Gasteiger partial charge in [-0.2, -0.15) is 0 Å². The van der Waals surface area contributed by atoms with Gasteiger partial charge in [-0.3, -0.25) is 0 Å². The summed E-state index contributed by atoms with van der Waals surface area (Å²) in [5.74, 6) is -0.474. The zero-order chi connectivity index (χ0) is 9.14. The first-order chi connectivity index (χ1) is 5.59. The maximum absolute atomic E-state index is 10.4. The van der Waals surface area contributed by atoms with Gasteiger partial charge in [0.1, 0.15) is 0 Å². The molecule has 0 aliphatic carbocycles. The van der Waals surface area contributed by atoms with Gasteiger partial charge < -0.3 is 9.67 Å². The van der Waals surface area contributed by atoms with E-state index in [4.69, 9.17) is 5.11 Å². The van der Waals surface area contributed by atoms with Crippen LogP contribution in [0.2, 0.25) is 0 Å². The van der Waals surface area contributed by atoms with Gasteiger partial charge >= 0.3 is 5.97 Å². The minimum Gasteiger partial charge on any atom is -0.476 e. The van der Waals surface area contributed by atoms with Crippen LogP contribution >= 0.6 is 12.4 Å². The van der Waals surface area contributed by atoms with Crippen LogP contribution < -0.4 is 0 Å². The van der Waals surface area contributed by atoms with E-state index in [1.54, 1.807) is 17.1 Å². The summed E-state index contributed by atoms with van der Waals surface area (Å²) >= 11 is 0. The van der Waals surface area contributed by atoms with E-state index in [-0.39, 0.29) is 18.1 Å². The minimum absolute atomic E-state index is 0. The van der Waals surface area contributed by atoms with Crippen LogP contribution in [0.3, 0.4) is 0 Å². The van der Waals surface area contributed by atoms with E-state index < -0.39 is 5.97 Å². The second-order valence-corrected chi connectivity index (χ2v) is 3.15. The number of imidazole rings is 1. The Morgan fingerprint density at radius 3 is 2.69 bits per heavy atom. The highest BCUT2D eigenvalue weighted by atomic mass is 35.5. The van der Waals surface area contributed by atoms with Gasteiger partial charge in [-0.25, -0.2) is 9.78 Å². The van der Waals surface area contributed by atoms with Crippen LogP contribution in [0.5, 0.6) is 0 Å². The SMILES string of the molecule is CC(C)Cn1cnc(C(=O)O)c1.Cl. The molecule has 0 aromatic carbocycles. The molecule has 0 atom stereocenters. The predicted octanol–water partition coefficient (Wildman–Crippen LogP) is 1.66. The smallest absolute Gasteiger partial charge is 0.356 e. The van der Waals surface area contributed by atoms with Crippen molar-refractivity contribution < 1.29 is 9.90 Å². The standard InChI is InChI=1S/C8H12N2O2.ClH/c1-6(2)3-10-4-7(8(11)12)9-5-10;/h4-6H,3H2,1-2H3,(H,11,12);1H. The third kappa shape index (κ3) is 3.46. The lowest BCUT2D eigenvalue weighted by Crippen LogP contribution is -2.02. The van der Waals surface area contributed by atoms with Crippen molar-refractivity contribution >= 4 is 18.4 Å². The summed E-state index contributed by atoms with van der Waals surface area (Å²) in [6, 6.07) is 0. The molecule has 13 heavy (non-hydrogen) atoms. The van der Waals surface area contributed by atoms with Gasteiger partial charge in [-0.15, -0.1) is 12.4 Å². The number of aromatic carboxylic acids is 1. The number of halogens is 1. The lowest BCUT2D eigenvalue weighted by Gasteiger charge is -2.03. The molecule has 0 aliphatic rings. The molecule has 0 spiro atoms. The van der Waals surface area contributed by atoms with Crippen molar-refractivity contribution in [2.75, 3.05) is 0 Å². The summed E-state index contributed by atoms with van der Waals surface area (Å²) < 4.78 is 1.79. The Morgan fingerprint density at radius 2 is 2.31 bits per heavy atom. The van der Waals surface area contributed by atoms with Crippen molar-refractivity contribution in [3.8, 4) is 0 Å². The Bertz CT molecular complexity index is 283. The lowest BCUT2D eigenvalue weighted by molar-refractivity contribution is 0.0691. The number of carbonyl (C=O) groups is 1. The van der Waals surface area contributed by atoms with E-state index in [0.29, 0.717) is 5.92 Å². The molecular weight excluding hydrogens is 192 g/mol. The fourth-order valence-corrected chi connectivity index (χ4v) is 0.992. The normalized spacial score (nSPS) is 9.77. The molecule has 1 aromatic heterocycles. The Labute approximate surface area is 83.0 Å². The van der Waals surface area contributed by atoms with Crippen LogP contribution in [-0.4, -0.2) is 20.6 Å². The quantitative estimate of drug-likeness (QED) is 0.815. The third-order valence-electron chi connectivity index (χ3n) is 1.43. The largest absolute Gasteiger partial charge is 0.476 e. The molecule has 1 aromatic rings. The number of rotatable bonds is 3. The van der Waals surface area contributed by atoms with Crippen molar-refractivity contribution in [2.45, 2.75) is 20.4 Å². The van der Waals surface area contributed by atoms with Crippen LogP contribution in [0.4, 0.5) is 0 Å². The fourth-order valence-electron chi connectivity index (χ4n) is 0.992. The molecule has 1 heterocycles. The molecule has 0 aliphatic heterocycles. The van der Waals surface area contributed by atoms with Crippen LogP contribution in [0.1, 0.15) is 24.3 Å². The van der Waals surface area contributed by atoms with E-state index in [0.717, 1.165) is 6.54 Å². The van der Waals surface area contributed by atoms with Crippen molar-refractivity contribution in [1.82, 2.24) is 9.55 Å².